The molecule has 2 heterocycles. The van der Waals surface area contributed by atoms with Crippen molar-refractivity contribution in [2.75, 3.05) is 45.3 Å². The average molecular weight is 398 g/mol. The van der Waals surface area contributed by atoms with Crippen molar-refractivity contribution in [3.05, 3.63) is 48.0 Å². The third-order valence-corrected chi connectivity index (χ3v) is 6.13. The molecule has 0 saturated carbocycles. The number of benzene rings is 2. The molecule has 1 aliphatic heterocycles. The van der Waals surface area contributed by atoms with Crippen molar-refractivity contribution in [3.63, 3.8) is 0 Å². The van der Waals surface area contributed by atoms with Crippen LogP contribution in [-0.2, 0) is 11.2 Å². The molecule has 4 rings (SSSR count). The highest BCUT2D eigenvalue weighted by Crippen LogP contribution is 2.40. The molecule has 7 heteroatoms. The second-order valence-electron chi connectivity index (χ2n) is 6.67. The minimum atomic E-state index is 0.179. The molecule has 1 fully saturated rings. The Kier molecular flexibility index (Phi) is 5.34. The van der Waals surface area contributed by atoms with Crippen LogP contribution in [0.15, 0.2) is 42.5 Å². The fourth-order valence-electron chi connectivity index (χ4n) is 3.44. The van der Waals surface area contributed by atoms with Gasteiger partial charge in [0.2, 0.25) is 5.91 Å². The number of fused-ring (bicyclic) bond motifs is 1. The van der Waals surface area contributed by atoms with Crippen molar-refractivity contribution >= 4 is 32.6 Å². The zero-order valence-electron chi connectivity index (χ0n) is 16.1. The lowest BCUT2D eigenvalue weighted by molar-refractivity contribution is -0.130. The first-order valence-corrected chi connectivity index (χ1v) is 10.1. The Hall–Kier alpha value is -2.80. The molecular weight excluding hydrogens is 374 g/mol. The fourth-order valence-corrected chi connectivity index (χ4v) is 4.57. The van der Waals surface area contributed by atoms with Gasteiger partial charge < -0.3 is 19.3 Å². The monoisotopic (exact) mass is 397 g/mol. The summed E-state index contributed by atoms with van der Waals surface area (Å²) in [5.41, 5.74) is 1.88. The highest BCUT2D eigenvalue weighted by molar-refractivity contribution is 7.22. The van der Waals surface area contributed by atoms with Crippen molar-refractivity contribution in [3.8, 4) is 11.5 Å². The van der Waals surface area contributed by atoms with Crippen molar-refractivity contribution in [2.24, 2.45) is 0 Å². The molecular formula is C21H23N3O3S. The van der Waals surface area contributed by atoms with Gasteiger partial charge in [0.05, 0.1) is 20.6 Å². The number of anilines is 1. The maximum absolute atomic E-state index is 12.6. The molecule has 0 unspecified atom stereocenters. The Morgan fingerprint density at radius 2 is 1.68 bits per heavy atom. The van der Waals surface area contributed by atoms with Gasteiger partial charge >= 0.3 is 0 Å². The highest BCUT2D eigenvalue weighted by Gasteiger charge is 2.24. The van der Waals surface area contributed by atoms with E-state index in [2.05, 4.69) is 4.90 Å². The molecule has 0 radical (unpaired) electrons. The molecule has 1 aromatic heterocycles. The predicted molar refractivity (Wildman–Crippen MR) is 112 cm³/mol. The summed E-state index contributed by atoms with van der Waals surface area (Å²) in [4.78, 5) is 21.5. The van der Waals surface area contributed by atoms with Crippen LogP contribution in [0, 0.1) is 0 Å². The zero-order valence-corrected chi connectivity index (χ0v) is 16.9. The van der Waals surface area contributed by atoms with Gasteiger partial charge in [-0.05, 0) is 17.7 Å². The Labute approximate surface area is 168 Å². The summed E-state index contributed by atoms with van der Waals surface area (Å²) in [7, 11) is 3.31. The number of aromatic nitrogens is 1. The van der Waals surface area contributed by atoms with Crippen LogP contribution in [0.5, 0.6) is 11.5 Å². The maximum Gasteiger partial charge on any atom is 0.227 e. The van der Waals surface area contributed by atoms with E-state index in [9.17, 15) is 4.79 Å². The first-order chi connectivity index (χ1) is 13.7. The Morgan fingerprint density at radius 3 is 2.36 bits per heavy atom. The Morgan fingerprint density at radius 1 is 1.00 bits per heavy atom. The number of hydrogen-bond acceptors (Lipinski definition) is 6. The molecule has 3 aromatic rings. The highest BCUT2D eigenvalue weighted by atomic mass is 32.1. The van der Waals surface area contributed by atoms with E-state index < -0.39 is 0 Å². The van der Waals surface area contributed by atoms with Crippen LogP contribution in [-0.4, -0.2) is 56.2 Å². The van der Waals surface area contributed by atoms with Gasteiger partial charge in [-0.1, -0.05) is 41.7 Å². The van der Waals surface area contributed by atoms with E-state index in [1.54, 1.807) is 25.6 Å². The molecule has 0 N–H and O–H groups in total. The van der Waals surface area contributed by atoms with Crippen molar-refractivity contribution in [1.29, 1.82) is 0 Å². The van der Waals surface area contributed by atoms with Gasteiger partial charge in [-0.15, -0.1) is 0 Å². The number of methoxy groups -OCH3 is 2. The van der Waals surface area contributed by atoms with Crippen LogP contribution in [0.4, 0.5) is 5.13 Å². The van der Waals surface area contributed by atoms with E-state index >= 15 is 0 Å². The lowest BCUT2D eigenvalue weighted by Crippen LogP contribution is -2.49. The topological polar surface area (TPSA) is 54.9 Å². The SMILES string of the molecule is COc1ccc(OC)c2sc(N3CCN(C(=O)Cc4ccccc4)CC3)nc12. The summed E-state index contributed by atoms with van der Waals surface area (Å²) in [5.74, 6) is 1.73. The Bertz CT molecular complexity index is 925. The third-order valence-electron chi connectivity index (χ3n) is 5.00. The molecule has 1 saturated heterocycles. The maximum atomic E-state index is 12.6. The van der Waals surface area contributed by atoms with Gasteiger partial charge in [-0.2, -0.15) is 0 Å². The summed E-state index contributed by atoms with van der Waals surface area (Å²) in [6.07, 6.45) is 0.455. The van der Waals surface area contributed by atoms with Crippen LogP contribution >= 0.6 is 11.3 Å². The lowest BCUT2D eigenvalue weighted by atomic mass is 10.1. The summed E-state index contributed by atoms with van der Waals surface area (Å²) in [6.45, 7) is 2.95. The summed E-state index contributed by atoms with van der Waals surface area (Å²) in [5, 5.41) is 0.938. The number of amides is 1. The van der Waals surface area contributed by atoms with Crippen LogP contribution in [0.25, 0.3) is 10.2 Å². The van der Waals surface area contributed by atoms with Gasteiger partial charge in [0.15, 0.2) is 5.13 Å². The molecule has 1 amide bonds. The van der Waals surface area contributed by atoms with Gasteiger partial charge in [-0.3, -0.25) is 4.79 Å². The number of nitrogens with zero attached hydrogens (tertiary/aromatic N) is 3. The van der Waals surface area contributed by atoms with E-state index in [1.165, 1.54) is 0 Å². The first kappa shape index (κ1) is 18.6. The molecule has 0 atom stereocenters. The zero-order chi connectivity index (χ0) is 19.5. The fraction of sp³-hybridized carbons (Fsp3) is 0.333. The van der Waals surface area contributed by atoms with E-state index in [1.807, 2.05) is 47.4 Å². The smallest absolute Gasteiger partial charge is 0.227 e. The van der Waals surface area contributed by atoms with E-state index in [0.29, 0.717) is 19.5 Å². The second-order valence-corrected chi connectivity index (χ2v) is 7.65. The summed E-state index contributed by atoms with van der Waals surface area (Å²) >= 11 is 1.60. The molecule has 0 aliphatic carbocycles. The minimum absolute atomic E-state index is 0.179. The number of rotatable bonds is 5. The molecule has 1 aliphatic rings. The van der Waals surface area contributed by atoms with E-state index in [0.717, 1.165) is 45.5 Å². The standard InChI is InChI=1S/C21H23N3O3S/c1-26-16-8-9-17(27-2)20-19(16)22-21(28-20)24-12-10-23(11-13-24)18(25)14-15-6-4-3-5-7-15/h3-9H,10-14H2,1-2H3. The quantitative estimate of drug-likeness (QED) is 0.662. The third kappa shape index (κ3) is 3.62. The van der Waals surface area contributed by atoms with Crippen LogP contribution in [0.1, 0.15) is 5.56 Å². The predicted octanol–water partition coefficient (Wildman–Crippen LogP) is 3.20. The Balaban J connectivity index is 1.46. The second kappa shape index (κ2) is 8.06. The average Bonchev–Trinajstić information content (AvgIpc) is 3.19. The van der Waals surface area contributed by atoms with Crippen LogP contribution in [0.2, 0.25) is 0 Å². The molecule has 28 heavy (non-hydrogen) atoms. The van der Waals surface area contributed by atoms with Crippen LogP contribution in [0.3, 0.4) is 0 Å². The number of carbonyl (C=O) groups excluding carboxylic acids is 1. The summed E-state index contributed by atoms with van der Waals surface area (Å²) in [6, 6.07) is 13.7. The van der Waals surface area contributed by atoms with Crippen molar-refractivity contribution < 1.29 is 14.3 Å². The molecule has 0 bridgehead atoms. The number of carbonyl (C=O) groups is 1. The van der Waals surface area contributed by atoms with Gasteiger partial charge in [0, 0.05) is 26.2 Å². The molecule has 146 valence electrons. The van der Waals surface area contributed by atoms with E-state index in [4.69, 9.17) is 14.5 Å². The van der Waals surface area contributed by atoms with Gasteiger partial charge in [0.1, 0.15) is 21.7 Å². The van der Waals surface area contributed by atoms with Gasteiger partial charge in [-0.25, -0.2) is 4.98 Å². The molecule has 0 spiro atoms. The normalized spacial score (nSPS) is 14.4. The van der Waals surface area contributed by atoms with E-state index in [-0.39, 0.29) is 5.91 Å². The summed E-state index contributed by atoms with van der Waals surface area (Å²) < 4.78 is 11.9. The lowest BCUT2D eigenvalue weighted by Gasteiger charge is -2.34. The first-order valence-electron chi connectivity index (χ1n) is 9.27. The molecule has 2 aromatic carbocycles. The van der Waals surface area contributed by atoms with Crippen LogP contribution < -0.4 is 14.4 Å². The molecule has 6 nitrogen and oxygen atoms in total. The number of ether oxygens (including phenoxy) is 2. The largest absolute Gasteiger partial charge is 0.495 e. The van der Waals surface area contributed by atoms with Crippen molar-refractivity contribution in [2.45, 2.75) is 6.42 Å². The number of thiazole rings is 1. The number of hydrogen-bond donors (Lipinski definition) is 0. The number of piperazine rings is 1. The van der Waals surface area contributed by atoms with Crippen molar-refractivity contribution in [1.82, 2.24) is 9.88 Å². The van der Waals surface area contributed by atoms with Gasteiger partial charge in [0.25, 0.3) is 0 Å². The minimum Gasteiger partial charge on any atom is -0.495 e.